The molecule has 6 nitrogen and oxygen atoms in total. The Labute approximate surface area is 110 Å². The molecule has 2 fully saturated rings. The fourth-order valence-corrected chi connectivity index (χ4v) is 3.52. The van der Waals surface area contributed by atoms with Crippen LogP contribution in [0.4, 0.5) is 4.79 Å². The fourth-order valence-electron chi connectivity index (χ4n) is 2.48. The molecule has 2 N–H and O–H groups in total. The Hall–Kier alpha value is -0.950. The SMILES string of the molecule is O=C(O)C1CSCCN1C(=O)N1CCCC1CO. The molecule has 0 aliphatic carbocycles. The zero-order valence-electron chi connectivity index (χ0n) is 10.1. The Kier molecular flexibility index (Phi) is 4.34. The number of carboxylic acid groups (broad SMARTS) is 1. The molecule has 0 aromatic rings. The van der Waals surface area contributed by atoms with Crippen molar-refractivity contribution in [1.82, 2.24) is 9.80 Å². The Bertz CT molecular complexity index is 339. The van der Waals surface area contributed by atoms with Crippen LogP contribution in [0.2, 0.25) is 0 Å². The topological polar surface area (TPSA) is 81.1 Å². The van der Waals surface area contributed by atoms with Gasteiger partial charge in [-0.2, -0.15) is 11.8 Å². The van der Waals surface area contributed by atoms with Crippen LogP contribution in [-0.4, -0.2) is 75.3 Å². The van der Waals surface area contributed by atoms with Crippen LogP contribution in [0.25, 0.3) is 0 Å². The van der Waals surface area contributed by atoms with E-state index in [4.69, 9.17) is 5.11 Å². The quantitative estimate of drug-likeness (QED) is 0.744. The number of aliphatic hydroxyl groups is 1. The number of carbonyl (C=O) groups is 2. The third-order valence-corrected chi connectivity index (χ3v) is 4.52. The van der Waals surface area contributed by atoms with E-state index in [0.29, 0.717) is 18.8 Å². The first kappa shape index (κ1) is 13.5. The fraction of sp³-hybridized carbons (Fsp3) is 0.818. The first-order chi connectivity index (χ1) is 8.65. The summed E-state index contributed by atoms with van der Waals surface area (Å²) in [6, 6.07) is -1.13. The molecule has 7 heteroatoms. The lowest BCUT2D eigenvalue weighted by Gasteiger charge is -2.37. The zero-order chi connectivity index (χ0) is 13.1. The molecule has 2 saturated heterocycles. The molecule has 2 aliphatic heterocycles. The lowest BCUT2D eigenvalue weighted by atomic mass is 10.2. The molecule has 0 aromatic carbocycles. The number of rotatable bonds is 2. The van der Waals surface area contributed by atoms with Crippen LogP contribution in [0.1, 0.15) is 12.8 Å². The maximum Gasteiger partial charge on any atom is 0.327 e. The van der Waals surface area contributed by atoms with E-state index in [1.807, 2.05) is 0 Å². The summed E-state index contributed by atoms with van der Waals surface area (Å²) in [5, 5.41) is 18.4. The summed E-state index contributed by atoms with van der Waals surface area (Å²) in [4.78, 5) is 26.6. The number of carboxylic acids is 1. The van der Waals surface area contributed by atoms with Crippen molar-refractivity contribution < 1.29 is 19.8 Å². The number of amides is 2. The van der Waals surface area contributed by atoms with Crippen molar-refractivity contribution in [3.05, 3.63) is 0 Å². The predicted molar refractivity (Wildman–Crippen MR) is 67.7 cm³/mol. The van der Waals surface area contributed by atoms with Crippen molar-refractivity contribution in [3.63, 3.8) is 0 Å². The second-order valence-electron chi connectivity index (χ2n) is 4.58. The molecule has 2 aliphatic rings. The van der Waals surface area contributed by atoms with E-state index in [2.05, 4.69) is 0 Å². The number of hydrogen-bond acceptors (Lipinski definition) is 4. The molecule has 2 amide bonds. The summed E-state index contributed by atoms with van der Waals surface area (Å²) in [6.07, 6.45) is 1.67. The van der Waals surface area contributed by atoms with Gasteiger partial charge in [0.2, 0.25) is 0 Å². The smallest absolute Gasteiger partial charge is 0.327 e. The van der Waals surface area contributed by atoms with E-state index in [-0.39, 0.29) is 18.7 Å². The van der Waals surface area contributed by atoms with Gasteiger partial charge in [-0.05, 0) is 12.8 Å². The zero-order valence-corrected chi connectivity index (χ0v) is 10.9. The third kappa shape index (κ3) is 2.56. The van der Waals surface area contributed by atoms with Crippen molar-refractivity contribution in [3.8, 4) is 0 Å². The van der Waals surface area contributed by atoms with Gasteiger partial charge < -0.3 is 20.0 Å². The maximum atomic E-state index is 12.4. The lowest BCUT2D eigenvalue weighted by molar-refractivity contribution is -0.141. The van der Waals surface area contributed by atoms with Crippen LogP contribution in [0, 0.1) is 0 Å². The number of aliphatic hydroxyl groups excluding tert-OH is 1. The molecule has 2 unspecified atom stereocenters. The van der Waals surface area contributed by atoms with Crippen molar-refractivity contribution in [1.29, 1.82) is 0 Å². The number of thioether (sulfide) groups is 1. The Morgan fingerprint density at radius 2 is 2.06 bits per heavy atom. The molecular formula is C11H18N2O4S. The maximum absolute atomic E-state index is 12.4. The Balaban J connectivity index is 2.08. The number of likely N-dealkylation sites (tertiary alicyclic amines) is 1. The van der Waals surface area contributed by atoms with E-state index >= 15 is 0 Å². The van der Waals surface area contributed by atoms with Crippen molar-refractivity contribution in [2.75, 3.05) is 31.2 Å². The third-order valence-electron chi connectivity index (χ3n) is 3.49. The largest absolute Gasteiger partial charge is 0.480 e. The van der Waals surface area contributed by atoms with Crippen LogP contribution < -0.4 is 0 Å². The molecule has 0 saturated carbocycles. The van der Waals surface area contributed by atoms with E-state index < -0.39 is 12.0 Å². The van der Waals surface area contributed by atoms with Gasteiger partial charge in [0.1, 0.15) is 6.04 Å². The van der Waals surface area contributed by atoms with Gasteiger partial charge in [0.15, 0.2) is 0 Å². The number of aliphatic carboxylic acids is 1. The van der Waals surface area contributed by atoms with Crippen molar-refractivity contribution in [2.45, 2.75) is 24.9 Å². The Morgan fingerprint density at radius 1 is 1.28 bits per heavy atom. The van der Waals surface area contributed by atoms with Gasteiger partial charge in [-0.15, -0.1) is 0 Å². The van der Waals surface area contributed by atoms with Gasteiger partial charge in [0.05, 0.1) is 12.6 Å². The minimum atomic E-state index is -0.949. The molecule has 2 atom stereocenters. The monoisotopic (exact) mass is 274 g/mol. The van der Waals surface area contributed by atoms with Crippen LogP contribution in [0.15, 0.2) is 0 Å². The van der Waals surface area contributed by atoms with Crippen molar-refractivity contribution in [2.24, 2.45) is 0 Å². The highest BCUT2D eigenvalue weighted by Crippen LogP contribution is 2.23. The van der Waals surface area contributed by atoms with Gasteiger partial charge in [-0.25, -0.2) is 9.59 Å². The normalized spacial score (nSPS) is 28.5. The second kappa shape index (κ2) is 5.79. The highest BCUT2D eigenvalue weighted by Gasteiger charge is 2.38. The molecule has 18 heavy (non-hydrogen) atoms. The van der Waals surface area contributed by atoms with Gasteiger partial charge in [0, 0.05) is 24.6 Å². The van der Waals surface area contributed by atoms with E-state index in [9.17, 15) is 14.7 Å². The average Bonchev–Trinajstić information content (AvgIpc) is 2.86. The lowest BCUT2D eigenvalue weighted by Crippen LogP contribution is -2.56. The second-order valence-corrected chi connectivity index (χ2v) is 5.73. The van der Waals surface area contributed by atoms with Gasteiger partial charge in [-0.1, -0.05) is 0 Å². The number of carbonyl (C=O) groups excluding carboxylic acids is 1. The molecule has 0 spiro atoms. The van der Waals surface area contributed by atoms with Crippen LogP contribution in [0.3, 0.4) is 0 Å². The minimum absolute atomic E-state index is 0.0495. The Morgan fingerprint density at radius 3 is 2.72 bits per heavy atom. The van der Waals surface area contributed by atoms with Gasteiger partial charge in [-0.3, -0.25) is 0 Å². The number of urea groups is 1. The molecule has 0 radical (unpaired) electrons. The molecular weight excluding hydrogens is 256 g/mol. The molecule has 0 aromatic heterocycles. The van der Waals surface area contributed by atoms with Crippen LogP contribution >= 0.6 is 11.8 Å². The summed E-state index contributed by atoms with van der Waals surface area (Å²) < 4.78 is 0. The average molecular weight is 274 g/mol. The summed E-state index contributed by atoms with van der Waals surface area (Å²) in [7, 11) is 0. The highest BCUT2D eigenvalue weighted by molar-refractivity contribution is 7.99. The van der Waals surface area contributed by atoms with Crippen LogP contribution in [-0.2, 0) is 4.79 Å². The highest BCUT2D eigenvalue weighted by atomic mass is 32.2. The molecule has 0 bridgehead atoms. The number of hydrogen-bond donors (Lipinski definition) is 2. The summed E-state index contributed by atoms with van der Waals surface area (Å²) in [6.45, 7) is 1.03. The molecule has 102 valence electrons. The summed E-state index contributed by atoms with van der Waals surface area (Å²) in [5.41, 5.74) is 0. The van der Waals surface area contributed by atoms with E-state index in [0.717, 1.165) is 18.6 Å². The van der Waals surface area contributed by atoms with E-state index in [1.165, 1.54) is 4.90 Å². The first-order valence-corrected chi connectivity index (χ1v) is 7.29. The predicted octanol–water partition coefficient (Wildman–Crippen LogP) is 0.0651. The summed E-state index contributed by atoms with van der Waals surface area (Å²) >= 11 is 1.56. The van der Waals surface area contributed by atoms with Gasteiger partial charge >= 0.3 is 12.0 Å². The standard InChI is InChI=1S/C11H18N2O4S/c14-6-8-2-1-3-12(8)11(17)13-4-5-18-7-9(13)10(15)16/h8-9,14H,1-7H2,(H,15,16). The summed E-state index contributed by atoms with van der Waals surface area (Å²) in [5.74, 6) is 0.265. The van der Waals surface area contributed by atoms with Gasteiger partial charge in [0.25, 0.3) is 0 Å². The minimum Gasteiger partial charge on any atom is -0.480 e. The molecule has 2 rings (SSSR count). The van der Waals surface area contributed by atoms with E-state index in [1.54, 1.807) is 16.7 Å². The molecule has 2 heterocycles. The van der Waals surface area contributed by atoms with Crippen molar-refractivity contribution >= 4 is 23.8 Å². The first-order valence-electron chi connectivity index (χ1n) is 6.13. The number of nitrogens with zero attached hydrogens (tertiary/aromatic N) is 2. The van der Waals surface area contributed by atoms with Crippen LogP contribution in [0.5, 0.6) is 0 Å².